The smallest absolute Gasteiger partial charge is 0.333 e. The largest absolute Gasteiger partial charge is 0.463 e. The molecule has 1 N–H and O–H groups in total. The van der Waals surface area contributed by atoms with Crippen molar-refractivity contribution in [3.8, 4) is 0 Å². The second-order valence-electron chi connectivity index (χ2n) is 4.02. The molecule has 1 atom stereocenters. The van der Waals surface area contributed by atoms with Gasteiger partial charge >= 0.3 is 5.97 Å². The van der Waals surface area contributed by atoms with Gasteiger partial charge in [0.05, 0.1) is 12.7 Å². The maximum absolute atomic E-state index is 11.2. The average Bonchev–Trinajstić information content (AvgIpc) is 2.29. The first-order valence-electron chi connectivity index (χ1n) is 6.32. The molecule has 0 aliphatic rings. The fourth-order valence-corrected chi connectivity index (χ4v) is 1.34. The van der Waals surface area contributed by atoms with Gasteiger partial charge in [-0.3, -0.25) is 0 Å². The lowest BCUT2D eigenvalue weighted by atomic mass is 10.1. The molecular formula is C14H24O3. The second kappa shape index (κ2) is 10.1. The number of unbranched alkanes of at least 4 members (excludes halogenated alkanes) is 2. The van der Waals surface area contributed by atoms with Crippen LogP contribution in [0.25, 0.3) is 0 Å². The van der Waals surface area contributed by atoms with Gasteiger partial charge in [-0.25, -0.2) is 4.79 Å². The minimum atomic E-state index is -0.423. The Hall–Kier alpha value is -1.09. The number of rotatable bonds is 8. The lowest BCUT2D eigenvalue weighted by Gasteiger charge is -2.03. The molecule has 0 spiro atoms. The van der Waals surface area contributed by atoms with E-state index in [9.17, 15) is 9.90 Å². The summed E-state index contributed by atoms with van der Waals surface area (Å²) in [6.07, 6.45) is 8.76. The summed E-state index contributed by atoms with van der Waals surface area (Å²) in [5.74, 6) is -0.308. The van der Waals surface area contributed by atoms with E-state index in [1.807, 2.05) is 0 Å². The Morgan fingerprint density at radius 1 is 1.35 bits per heavy atom. The van der Waals surface area contributed by atoms with Gasteiger partial charge in [-0.15, -0.1) is 0 Å². The molecule has 0 aromatic heterocycles. The minimum absolute atomic E-state index is 0.308. The van der Waals surface area contributed by atoms with Gasteiger partial charge in [-0.2, -0.15) is 0 Å². The van der Waals surface area contributed by atoms with Crippen LogP contribution in [0.2, 0.25) is 0 Å². The number of esters is 1. The summed E-state index contributed by atoms with van der Waals surface area (Å²) in [5, 5.41) is 9.60. The summed E-state index contributed by atoms with van der Waals surface area (Å²) in [4.78, 5) is 11.2. The highest BCUT2D eigenvalue weighted by Gasteiger charge is 2.02. The molecule has 98 valence electrons. The van der Waals surface area contributed by atoms with Crippen LogP contribution in [0.4, 0.5) is 0 Å². The molecular weight excluding hydrogens is 216 g/mol. The number of carbonyl (C=O) groups is 1. The SMILES string of the molecule is CCCCC[C@H](O)/C=C/C=C(\C)C(=O)OCC. The van der Waals surface area contributed by atoms with Gasteiger partial charge in [0, 0.05) is 5.57 Å². The standard InChI is InChI=1S/C14H24O3/c1-4-6-7-10-13(15)11-8-9-12(3)14(16)17-5-2/h8-9,11,13,15H,4-7,10H2,1-3H3/b11-8+,12-9+/t13-/m0/s1. The van der Waals surface area contributed by atoms with Gasteiger partial charge in [0.2, 0.25) is 0 Å². The molecule has 0 saturated carbocycles. The summed E-state index contributed by atoms with van der Waals surface area (Å²) in [6, 6.07) is 0. The van der Waals surface area contributed by atoms with Crippen molar-refractivity contribution >= 4 is 5.97 Å². The molecule has 3 nitrogen and oxygen atoms in total. The maximum Gasteiger partial charge on any atom is 0.333 e. The van der Waals surface area contributed by atoms with Crippen LogP contribution in [0.3, 0.4) is 0 Å². The number of hydrogen-bond acceptors (Lipinski definition) is 3. The monoisotopic (exact) mass is 240 g/mol. The van der Waals surface area contributed by atoms with Crippen LogP contribution in [0.1, 0.15) is 46.5 Å². The van der Waals surface area contributed by atoms with Crippen LogP contribution in [-0.4, -0.2) is 23.8 Å². The van der Waals surface area contributed by atoms with Crippen LogP contribution < -0.4 is 0 Å². The van der Waals surface area contributed by atoms with E-state index < -0.39 is 6.10 Å². The van der Waals surface area contributed by atoms with E-state index >= 15 is 0 Å². The van der Waals surface area contributed by atoms with Gasteiger partial charge < -0.3 is 9.84 Å². The first kappa shape index (κ1) is 15.9. The van der Waals surface area contributed by atoms with Crippen molar-refractivity contribution in [2.75, 3.05) is 6.61 Å². The molecule has 17 heavy (non-hydrogen) atoms. The van der Waals surface area contributed by atoms with Crippen molar-refractivity contribution in [2.24, 2.45) is 0 Å². The Morgan fingerprint density at radius 2 is 2.06 bits per heavy atom. The zero-order chi connectivity index (χ0) is 13.1. The molecule has 0 aliphatic carbocycles. The molecule has 0 fully saturated rings. The first-order valence-corrected chi connectivity index (χ1v) is 6.32. The Labute approximate surface area is 104 Å². The highest BCUT2D eigenvalue weighted by atomic mass is 16.5. The number of allylic oxidation sites excluding steroid dienone is 2. The molecule has 0 aromatic rings. The van der Waals surface area contributed by atoms with Crippen LogP contribution in [0.5, 0.6) is 0 Å². The van der Waals surface area contributed by atoms with E-state index in [-0.39, 0.29) is 5.97 Å². The summed E-state index contributed by atoms with van der Waals surface area (Å²) in [5.41, 5.74) is 0.545. The Kier molecular flexibility index (Phi) is 9.44. The molecule has 0 rings (SSSR count). The van der Waals surface area contributed by atoms with Crippen LogP contribution in [0, 0.1) is 0 Å². The summed E-state index contributed by atoms with van der Waals surface area (Å²) >= 11 is 0. The predicted molar refractivity (Wildman–Crippen MR) is 69.7 cm³/mol. The topological polar surface area (TPSA) is 46.5 Å². The fourth-order valence-electron chi connectivity index (χ4n) is 1.34. The molecule has 0 aromatic carbocycles. The van der Waals surface area contributed by atoms with Gasteiger partial charge in [0.1, 0.15) is 0 Å². The van der Waals surface area contributed by atoms with E-state index in [0.717, 1.165) is 25.7 Å². The summed E-state index contributed by atoms with van der Waals surface area (Å²) in [7, 11) is 0. The van der Waals surface area contributed by atoms with E-state index in [0.29, 0.717) is 12.2 Å². The Balaban J connectivity index is 3.98. The van der Waals surface area contributed by atoms with Gasteiger partial charge in [-0.05, 0) is 20.3 Å². The van der Waals surface area contributed by atoms with E-state index in [1.165, 1.54) is 0 Å². The zero-order valence-corrected chi connectivity index (χ0v) is 11.1. The third kappa shape index (κ3) is 8.69. The third-order valence-electron chi connectivity index (χ3n) is 2.38. The average molecular weight is 240 g/mol. The van der Waals surface area contributed by atoms with Gasteiger partial charge in [0.25, 0.3) is 0 Å². The van der Waals surface area contributed by atoms with Crippen LogP contribution >= 0.6 is 0 Å². The van der Waals surface area contributed by atoms with Crippen molar-refractivity contribution in [1.29, 1.82) is 0 Å². The highest BCUT2D eigenvalue weighted by molar-refractivity contribution is 5.88. The first-order chi connectivity index (χ1) is 8.11. The molecule has 0 radical (unpaired) electrons. The summed E-state index contributed by atoms with van der Waals surface area (Å²) in [6.45, 7) is 5.99. The van der Waals surface area contributed by atoms with Crippen molar-refractivity contribution in [3.05, 3.63) is 23.8 Å². The van der Waals surface area contributed by atoms with E-state index in [4.69, 9.17) is 4.74 Å². The van der Waals surface area contributed by atoms with Crippen molar-refractivity contribution < 1.29 is 14.6 Å². The number of aliphatic hydroxyl groups is 1. The predicted octanol–water partition coefficient (Wildman–Crippen LogP) is 2.99. The Bertz CT molecular complexity index is 267. The lowest BCUT2D eigenvalue weighted by molar-refractivity contribution is -0.138. The molecule has 0 bridgehead atoms. The van der Waals surface area contributed by atoms with Gasteiger partial charge in [0.15, 0.2) is 0 Å². The van der Waals surface area contributed by atoms with Crippen molar-refractivity contribution in [1.82, 2.24) is 0 Å². The van der Waals surface area contributed by atoms with Crippen molar-refractivity contribution in [3.63, 3.8) is 0 Å². The maximum atomic E-state index is 11.2. The second-order valence-corrected chi connectivity index (χ2v) is 4.02. The van der Waals surface area contributed by atoms with Crippen LogP contribution in [-0.2, 0) is 9.53 Å². The minimum Gasteiger partial charge on any atom is -0.463 e. The third-order valence-corrected chi connectivity index (χ3v) is 2.38. The Morgan fingerprint density at radius 3 is 2.65 bits per heavy atom. The zero-order valence-electron chi connectivity index (χ0n) is 11.1. The number of ether oxygens (including phenoxy) is 1. The van der Waals surface area contributed by atoms with E-state index in [2.05, 4.69) is 6.92 Å². The molecule has 0 heterocycles. The van der Waals surface area contributed by atoms with E-state index in [1.54, 1.807) is 32.1 Å². The van der Waals surface area contributed by atoms with Crippen molar-refractivity contribution in [2.45, 2.75) is 52.6 Å². The molecule has 0 aliphatic heterocycles. The molecule has 0 amide bonds. The fraction of sp³-hybridized carbons (Fsp3) is 0.643. The van der Waals surface area contributed by atoms with Gasteiger partial charge in [-0.1, -0.05) is 44.4 Å². The summed E-state index contributed by atoms with van der Waals surface area (Å²) < 4.78 is 4.84. The quantitative estimate of drug-likeness (QED) is 0.307. The normalized spacial score (nSPS) is 14.0. The van der Waals surface area contributed by atoms with Crippen LogP contribution in [0.15, 0.2) is 23.8 Å². The lowest BCUT2D eigenvalue weighted by Crippen LogP contribution is -2.05. The number of hydrogen-bond donors (Lipinski definition) is 1. The highest BCUT2D eigenvalue weighted by Crippen LogP contribution is 2.05. The molecule has 0 unspecified atom stereocenters. The molecule has 0 saturated heterocycles. The number of carbonyl (C=O) groups excluding carboxylic acids is 1. The molecule has 3 heteroatoms. The number of aliphatic hydroxyl groups excluding tert-OH is 1.